The van der Waals surface area contributed by atoms with Crippen LogP contribution in [-0.2, 0) is 0 Å². The third kappa shape index (κ3) is 3.36. The van der Waals surface area contributed by atoms with Crippen LogP contribution >= 0.6 is 0 Å². The highest BCUT2D eigenvalue weighted by Crippen LogP contribution is 2.35. The number of rotatable bonds is 4. The summed E-state index contributed by atoms with van der Waals surface area (Å²) >= 11 is 0. The van der Waals surface area contributed by atoms with Crippen molar-refractivity contribution in [1.82, 2.24) is 10.2 Å². The molecule has 3 saturated heterocycles. The molecule has 1 aromatic rings. The topological polar surface area (TPSA) is 64.6 Å². The first-order valence-electron chi connectivity index (χ1n) is 7.71. The van der Waals surface area contributed by atoms with Gasteiger partial charge < -0.3 is 15.7 Å². The number of urea groups is 1. The number of carbonyl (C=O) groups excluding carboxylic acids is 1. The summed E-state index contributed by atoms with van der Waals surface area (Å²) in [7, 11) is 0. The maximum Gasteiger partial charge on any atom is 0.319 e. The molecule has 5 heteroatoms. The van der Waals surface area contributed by atoms with Crippen molar-refractivity contribution in [3.05, 3.63) is 30.3 Å². The Morgan fingerprint density at radius 2 is 2.14 bits per heavy atom. The number of hydrogen-bond acceptors (Lipinski definition) is 3. The number of hydrogen-bond donors (Lipinski definition) is 3. The Balaban J connectivity index is 1.47. The van der Waals surface area contributed by atoms with Crippen LogP contribution in [0.5, 0.6) is 0 Å². The van der Waals surface area contributed by atoms with Crippen molar-refractivity contribution in [3.63, 3.8) is 0 Å². The van der Waals surface area contributed by atoms with Crippen molar-refractivity contribution >= 4 is 11.7 Å². The molecule has 3 aliphatic rings. The Morgan fingerprint density at radius 1 is 1.33 bits per heavy atom. The fourth-order valence-electron chi connectivity index (χ4n) is 3.58. The summed E-state index contributed by atoms with van der Waals surface area (Å²) < 4.78 is 0. The molecule has 5 nitrogen and oxygen atoms in total. The summed E-state index contributed by atoms with van der Waals surface area (Å²) in [5.41, 5.74) is 0.806. The molecule has 0 saturated carbocycles. The van der Waals surface area contributed by atoms with E-state index < -0.39 is 0 Å². The van der Waals surface area contributed by atoms with Crippen LogP contribution in [0.2, 0.25) is 0 Å². The zero-order valence-electron chi connectivity index (χ0n) is 12.2. The average Bonchev–Trinajstić information content (AvgIpc) is 2.54. The van der Waals surface area contributed by atoms with Gasteiger partial charge in [0.1, 0.15) is 0 Å². The third-order valence-corrected chi connectivity index (χ3v) is 4.78. The van der Waals surface area contributed by atoms with E-state index in [-0.39, 0.29) is 12.6 Å². The Hall–Kier alpha value is -1.59. The summed E-state index contributed by atoms with van der Waals surface area (Å²) in [6.07, 6.45) is 2.26. The lowest BCUT2D eigenvalue weighted by Gasteiger charge is -2.49. The molecule has 0 aliphatic carbocycles. The van der Waals surface area contributed by atoms with E-state index in [0.29, 0.717) is 24.4 Å². The van der Waals surface area contributed by atoms with Crippen LogP contribution < -0.4 is 10.6 Å². The normalized spacial score (nSPS) is 30.9. The van der Waals surface area contributed by atoms with Crippen LogP contribution in [0.15, 0.2) is 30.3 Å². The van der Waals surface area contributed by atoms with Crippen molar-refractivity contribution in [1.29, 1.82) is 0 Å². The molecule has 2 bridgehead atoms. The largest absolute Gasteiger partial charge is 0.396 e. The van der Waals surface area contributed by atoms with Gasteiger partial charge in [-0.05, 0) is 43.4 Å². The van der Waals surface area contributed by atoms with E-state index in [1.54, 1.807) is 0 Å². The van der Waals surface area contributed by atoms with Gasteiger partial charge in [0.15, 0.2) is 0 Å². The van der Waals surface area contributed by atoms with Crippen molar-refractivity contribution in [2.24, 2.45) is 11.8 Å². The second kappa shape index (κ2) is 6.45. The van der Waals surface area contributed by atoms with Gasteiger partial charge in [0.2, 0.25) is 0 Å². The molecule has 0 spiro atoms. The summed E-state index contributed by atoms with van der Waals surface area (Å²) in [5, 5.41) is 15.2. The minimum absolute atomic E-state index is 0.150. The van der Waals surface area contributed by atoms with Crippen LogP contribution in [0.4, 0.5) is 10.5 Å². The summed E-state index contributed by atoms with van der Waals surface area (Å²) in [4.78, 5) is 14.3. The standard InChI is InChI=1S/C16H23N3O2/c20-11-13-10-19-7-6-12(13)8-15(19)9-17-16(21)18-14-4-2-1-3-5-14/h1-5,12-13,15,20H,6-11H2,(H2,17,18,21)/t12-,13+,15-/m0/s1. The molecule has 3 N–H and O–H groups in total. The predicted molar refractivity (Wildman–Crippen MR) is 82.1 cm³/mol. The molecule has 1 aromatic carbocycles. The maximum absolute atomic E-state index is 11.9. The van der Waals surface area contributed by atoms with Gasteiger partial charge in [0.25, 0.3) is 0 Å². The number of aliphatic hydroxyl groups is 1. The quantitative estimate of drug-likeness (QED) is 0.787. The second-order valence-electron chi connectivity index (χ2n) is 6.08. The highest BCUT2D eigenvalue weighted by atomic mass is 16.3. The van der Waals surface area contributed by atoms with E-state index in [1.165, 1.54) is 6.42 Å². The highest BCUT2D eigenvalue weighted by molar-refractivity contribution is 5.89. The molecule has 1 unspecified atom stereocenters. The van der Waals surface area contributed by atoms with Gasteiger partial charge in [-0.3, -0.25) is 4.90 Å². The van der Waals surface area contributed by atoms with E-state index in [0.717, 1.165) is 25.2 Å². The first-order chi connectivity index (χ1) is 10.3. The van der Waals surface area contributed by atoms with Crippen molar-refractivity contribution in [2.45, 2.75) is 18.9 Å². The van der Waals surface area contributed by atoms with Crippen molar-refractivity contribution in [2.75, 3.05) is 31.6 Å². The van der Waals surface area contributed by atoms with Gasteiger partial charge in [-0.25, -0.2) is 4.79 Å². The predicted octanol–water partition coefficient (Wildman–Crippen LogP) is 1.51. The lowest BCUT2D eigenvalue weighted by atomic mass is 9.76. The Kier molecular flexibility index (Phi) is 4.41. The van der Waals surface area contributed by atoms with Crippen molar-refractivity contribution in [3.8, 4) is 0 Å². The number of para-hydroxylation sites is 1. The average molecular weight is 289 g/mol. The third-order valence-electron chi connectivity index (χ3n) is 4.78. The first kappa shape index (κ1) is 14.4. The molecule has 114 valence electrons. The van der Waals surface area contributed by atoms with Gasteiger partial charge in [0, 0.05) is 31.4 Å². The SMILES string of the molecule is O=C(NC[C@@H]1C[C@@H]2CCN1C[C@@H]2CO)Nc1ccccc1. The lowest BCUT2D eigenvalue weighted by Crippen LogP contribution is -2.57. The molecule has 3 fully saturated rings. The van der Waals surface area contributed by atoms with E-state index in [2.05, 4.69) is 15.5 Å². The Bertz CT molecular complexity index is 480. The van der Waals surface area contributed by atoms with E-state index >= 15 is 0 Å². The van der Waals surface area contributed by atoms with Crippen LogP contribution in [0.1, 0.15) is 12.8 Å². The molecule has 0 aromatic heterocycles. The van der Waals surface area contributed by atoms with Gasteiger partial charge in [-0.1, -0.05) is 18.2 Å². The molecule has 4 rings (SSSR count). The van der Waals surface area contributed by atoms with Crippen molar-refractivity contribution < 1.29 is 9.90 Å². The minimum atomic E-state index is -0.150. The number of piperidine rings is 3. The zero-order valence-corrected chi connectivity index (χ0v) is 12.2. The van der Waals surface area contributed by atoms with Gasteiger partial charge in [0.05, 0.1) is 0 Å². The van der Waals surface area contributed by atoms with E-state index in [9.17, 15) is 9.90 Å². The van der Waals surface area contributed by atoms with Crippen LogP contribution in [-0.4, -0.2) is 48.3 Å². The molecule has 3 aliphatic heterocycles. The van der Waals surface area contributed by atoms with E-state index in [4.69, 9.17) is 0 Å². The van der Waals surface area contributed by atoms with Gasteiger partial charge in [-0.2, -0.15) is 0 Å². The summed E-state index contributed by atoms with van der Waals surface area (Å²) in [5.74, 6) is 1.04. The number of aliphatic hydroxyl groups excluding tert-OH is 1. The Morgan fingerprint density at radius 3 is 2.81 bits per heavy atom. The molecular weight excluding hydrogens is 266 g/mol. The van der Waals surface area contributed by atoms with Crippen LogP contribution in [0.3, 0.4) is 0 Å². The number of benzene rings is 1. The molecule has 3 heterocycles. The molecule has 4 atom stereocenters. The van der Waals surface area contributed by atoms with Crippen LogP contribution in [0, 0.1) is 11.8 Å². The molecular formula is C16H23N3O2. The molecule has 21 heavy (non-hydrogen) atoms. The number of nitrogens with one attached hydrogen (secondary N) is 2. The summed E-state index contributed by atoms with van der Waals surface area (Å²) in [6, 6.07) is 9.73. The lowest BCUT2D eigenvalue weighted by molar-refractivity contribution is -0.0187. The number of nitrogens with zero attached hydrogens (tertiary/aromatic N) is 1. The highest BCUT2D eigenvalue weighted by Gasteiger charge is 2.39. The number of amides is 2. The van der Waals surface area contributed by atoms with E-state index in [1.807, 2.05) is 30.3 Å². The number of anilines is 1. The minimum Gasteiger partial charge on any atom is -0.396 e. The summed E-state index contributed by atoms with van der Waals surface area (Å²) in [6.45, 7) is 3.02. The second-order valence-corrected chi connectivity index (χ2v) is 6.08. The fraction of sp³-hybridized carbons (Fsp3) is 0.562. The molecule has 2 amide bonds. The monoisotopic (exact) mass is 289 g/mol. The molecule has 0 radical (unpaired) electrons. The number of fused-ring (bicyclic) bond motifs is 3. The fourth-order valence-corrected chi connectivity index (χ4v) is 3.58. The maximum atomic E-state index is 11.9. The zero-order chi connectivity index (χ0) is 14.7. The number of carbonyl (C=O) groups is 1. The Labute approximate surface area is 125 Å². The first-order valence-corrected chi connectivity index (χ1v) is 7.71. The van der Waals surface area contributed by atoms with Gasteiger partial charge in [-0.15, -0.1) is 0 Å². The smallest absolute Gasteiger partial charge is 0.319 e. The van der Waals surface area contributed by atoms with Gasteiger partial charge >= 0.3 is 6.03 Å². The van der Waals surface area contributed by atoms with Crippen LogP contribution in [0.25, 0.3) is 0 Å².